The van der Waals surface area contributed by atoms with Gasteiger partial charge in [-0.05, 0) is 29.7 Å². The Morgan fingerprint density at radius 3 is 2.42 bits per heavy atom. The van der Waals surface area contributed by atoms with Crippen LogP contribution < -0.4 is 5.32 Å². The van der Waals surface area contributed by atoms with Gasteiger partial charge in [-0.3, -0.25) is 4.79 Å². The average Bonchev–Trinajstić information content (AvgIpc) is 2.91. The predicted molar refractivity (Wildman–Crippen MR) is 94.4 cm³/mol. The topological polar surface area (TPSA) is 34.0 Å². The van der Waals surface area contributed by atoms with Crippen LogP contribution >= 0.6 is 0 Å². The van der Waals surface area contributed by atoms with Crippen molar-refractivity contribution in [3.63, 3.8) is 0 Å². The smallest absolute Gasteiger partial charge is 0.253 e. The fraction of sp³-hybridized carbons (Fsp3) is 0.250. The maximum atomic E-state index is 13.2. The van der Waals surface area contributed by atoms with Crippen LogP contribution in [0.3, 0.4) is 0 Å². The van der Waals surface area contributed by atoms with Gasteiger partial charge in [0.05, 0.1) is 11.6 Å². The number of para-hydroxylation sites is 1. The Balaban J connectivity index is 1.92. The third-order valence-electron chi connectivity index (χ3n) is 4.32. The summed E-state index contributed by atoms with van der Waals surface area (Å²) in [6, 6.07) is 14.0. The number of rotatable bonds is 4. The molecule has 3 aromatic rings. The molecule has 3 nitrogen and oxygen atoms in total. The van der Waals surface area contributed by atoms with E-state index in [-0.39, 0.29) is 23.7 Å². The third-order valence-corrected chi connectivity index (χ3v) is 4.32. The van der Waals surface area contributed by atoms with Crippen molar-refractivity contribution < 1.29 is 9.18 Å². The summed E-state index contributed by atoms with van der Waals surface area (Å²) in [5, 5.41) is 4.03. The minimum atomic E-state index is -0.276. The van der Waals surface area contributed by atoms with E-state index in [4.69, 9.17) is 0 Å². The molecule has 1 N–H and O–H groups in total. The monoisotopic (exact) mass is 324 g/mol. The molecule has 0 aliphatic heterocycles. The van der Waals surface area contributed by atoms with Crippen LogP contribution in [0.25, 0.3) is 10.9 Å². The molecule has 1 unspecified atom stereocenters. The fourth-order valence-electron chi connectivity index (χ4n) is 3.05. The first-order valence-electron chi connectivity index (χ1n) is 8.07. The van der Waals surface area contributed by atoms with Crippen molar-refractivity contribution in [3.05, 3.63) is 71.7 Å². The van der Waals surface area contributed by atoms with Crippen LogP contribution in [0, 0.1) is 11.7 Å². The molecule has 0 fully saturated rings. The first kappa shape index (κ1) is 16.2. The number of nitrogens with zero attached hydrogens (tertiary/aromatic N) is 1. The molecule has 1 amide bonds. The first-order valence-corrected chi connectivity index (χ1v) is 8.07. The fourth-order valence-corrected chi connectivity index (χ4v) is 3.05. The highest BCUT2D eigenvalue weighted by Gasteiger charge is 2.21. The highest BCUT2D eigenvalue weighted by molar-refractivity contribution is 6.07. The molecule has 124 valence electrons. The van der Waals surface area contributed by atoms with Gasteiger partial charge in [-0.2, -0.15) is 0 Å². The zero-order valence-corrected chi connectivity index (χ0v) is 14.1. The first-order chi connectivity index (χ1) is 11.5. The van der Waals surface area contributed by atoms with Crippen molar-refractivity contribution in [2.45, 2.75) is 19.9 Å². The number of amides is 1. The van der Waals surface area contributed by atoms with E-state index in [9.17, 15) is 9.18 Å². The Morgan fingerprint density at radius 2 is 1.75 bits per heavy atom. The summed E-state index contributed by atoms with van der Waals surface area (Å²) < 4.78 is 15.1. The number of carbonyl (C=O) groups is 1. The maximum Gasteiger partial charge on any atom is 0.253 e. The number of carbonyl (C=O) groups excluding carboxylic acids is 1. The van der Waals surface area contributed by atoms with E-state index < -0.39 is 0 Å². The Bertz CT molecular complexity index is 865. The van der Waals surface area contributed by atoms with Gasteiger partial charge in [0.1, 0.15) is 5.82 Å². The van der Waals surface area contributed by atoms with E-state index in [0.717, 1.165) is 16.5 Å². The summed E-state index contributed by atoms with van der Waals surface area (Å²) in [6.45, 7) is 4.08. The zero-order valence-electron chi connectivity index (χ0n) is 14.1. The third kappa shape index (κ3) is 3.04. The lowest BCUT2D eigenvalue weighted by atomic mass is 9.95. The van der Waals surface area contributed by atoms with Crippen molar-refractivity contribution in [1.82, 2.24) is 9.88 Å². The molecule has 24 heavy (non-hydrogen) atoms. The molecule has 2 aromatic carbocycles. The second-order valence-corrected chi connectivity index (χ2v) is 6.42. The summed E-state index contributed by atoms with van der Waals surface area (Å²) in [6.07, 6.45) is 1.85. The van der Waals surface area contributed by atoms with Gasteiger partial charge >= 0.3 is 0 Å². The van der Waals surface area contributed by atoms with Crippen molar-refractivity contribution in [2.24, 2.45) is 13.0 Å². The molecule has 0 aliphatic rings. The van der Waals surface area contributed by atoms with E-state index in [0.29, 0.717) is 5.56 Å². The molecule has 0 saturated heterocycles. The van der Waals surface area contributed by atoms with Crippen LogP contribution in [0.4, 0.5) is 4.39 Å². The van der Waals surface area contributed by atoms with Crippen LogP contribution in [0.15, 0.2) is 54.7 Å². The van der Waals surface area contributed by atoms with Gasteiger partial charge in [0.25, 0.3) is 5.91 Å². The number of benzene rings is 2. The second-order valence-electron chi connectivity index (χ2n) is 6.42. The number of nitrogens with one attached hydrogen (secondary N) is 1. The molecule has 0 aliphatic carbocycles. The highest BCUT2D eigenvalue weighted by Crippen LogP contribution is 2.25. The number of aromatic nitrogens is 1. The summed E-state index contributed by atoms with van der Waals surface area (Å²) in [5.41, 5.74) is 2.58. The van der Waals surface area contributed by atoms with Crippen LogP contribution in [0.5, 0.6) is 0 Å². The normalized spacial score (nSPS) is 12.5. The van der Waals surface area contributed by atoms with Gasteiger partial charge < -0.3 is 9.88 Å². The predicted octanol–water partition coefficient (Wildman–Crippen LogP) is 4.44. The summed E-state index contributed by atoms with van der Waals surface area (Å²) in [4.78, 5) is 12.8. The SMILES string of the molecule is CC(C)C(NC(=O)c1cn(C)c2ccccc12)c1ccc(F)cc1. The largest absolute Gasteiger partial charge is 0.350 e. The average molecular weight is 324 g/mol. The maximum absolute atomic E-state index is 13.2. The van der Waals surface area contributed by atoms with Gasteiger partial charge in [0, 0.05) is 24.1 Å². The van der Waals surface area contributed by atoms with Crippen molar-refractivity contribution in [1.29, 1.82) is 0 Å². The van der Waals surface area contributed by atoms with Crippen molar-refractivity contribution in [2.75, 3.05) is 0 Å². The number of hydrogen-bond donors (Lipinski definition) is 1. The zero-order chi connectivity index (χ0) is 17.3. The van der Waals surface area contributed by atoms with Crippen LogP contribution in [-0.4, -0.2) is 10.5 Å². The molecule has 0 bridgehead atoms. The summed E-state index contributed by atoms with van der Waals surface area (Å²) in [5.74, 6) is -0.203. The second kappa shape index (κ2) is 6.48. The molecule has 0 spiro atoms. The van der Waals surface area contributed by atoms with E-state index in [1.807, 2.05) is 55.9 Å². The standard InChI is InChI=1S/C20H21FN2O/c1-13(2)19(14-8-10-15(21)11-9-14)22-20(24)17-12-23(3)18-7-5-4-6-16(17)18/h4-13,19H,1-3H3,(H,22,24). The molecule has 3 rings (SSSR count). The van der Waals surface area contributed by atoms with Gasteiger partial charge in [0.15, 0.2) is 0 Å². The summed E-state index contributed by atoms with van der Waals surface area (Å²) in [7, 11) is 1.93. The van der Waals surface area contributed by atoms with Crippen molar-refractivity contribution >= 4 is 16.8 Å². The highest BCUT2D eigenvalue weighted by atomic mass is 19.1. The van der Waals surface area contributed by atoms with Crippen LogP contribution in [-0.2, 0) is 7.05 Å². The van der Waals surface area contributed by atoms with E-state index >= 15 is 0 Å². The van der Waals surface area contributed by atoms with Gasteiger partial charge in [-0.15, -0.1) is 0 Å². The number of hydrogen-bond acceptors (Lipinski definition) is 1. The van der Waals surface area contributed by atoms with Gasteiger partial charge in [-0.1, -0.05) is 44.2 Å². The van der Waals surface area contributed by atoms with Gasteiger partial charge in [0.2, 0.25) is 0 Å². The molecular formula is C20H21FN2O. The quantitative estimate of drug-likeness (QED) is 0.756. The van der Waals surface area contributed by atoms with Crippen molar-refractivity contribution in [3.8, 4) is 0 Å². The van der Waals surface area contributed by atoms with E-state index in [1.54, 1.807) is 12.1 Å². The van der Waals surface area contributed by atoms with Crippen LogP contribution in [0.1, 0.15) is 35.8 Å². The lowest BCUT2D eigenvalue weighted by Gasteiger charge is -2.23. The molecule has 1 atom stereocenters. The lowest BCUT2D eigenvalue weighted by Crippen LogP contribution is -2.31. The number of fused-ring (bicyclic) bond motifs is 1. The lowest BCUT2D eigenvalue weighted by molar-refractivity contribution is 0.0927. The molecule has 1 heterocycles. The van der Waals surface area contributed by atoms with Crippen LogP contribution in [0.2, 0.25) is 0 Å². The molecular weight excluding hydrogens is 303 g/mol. The molecule has 1 aromatic heterocycles. The Labute approximate surface area is 141 Å². The van der Waals surface area contributed by atoms with Gasteiger partial charge in [-0.25, -0.2) is 4.39 Å². The minimum Gasteiger partial charge on any atom is -0.350 e. The van der Waals surface area contributed by atoms with E-state index in [1.165, 1.54) is 12.1 Å². The molecule has 4 heteroatoms. The Morgan fingerprint density at radius 1 is 1.08 bits per heavy atom. The number of aryl methyl sites for hydroxylation is 1. The molecule has 0 saturated carbocycles. The minimum absolute atomic E-state index is 0.116. The Kier molecular flexibility index (Phi) is 4.38. The Hall–Kier alpha value is -2.62. The number of halogens is 1. The summed E-state index contributed by atoms with van der Waals surface area (Å²) >= 11 is 0. The molecule has 0 radical (unpaired) electrons. The van der Waals surface area contributed by atoms with E-state index in [2.05, 4.69) is 5.32 Å².